The second kappa shape index (κ2) is 5.31. The van der Waals surface area contributed by atoms with Gasteiger partial charge < -0.3 is 4.98 Å². The number of carbonyl (C=O) groups is 2. The maximum atomic E-state index is 12.3. The number of amides is 2. The number of benzene rings is 2. The van der Waals surface area contributed by atoms with Gasteiger partial charge in [-0.05, 0) is 35.2 Å². The van der Waals surface area contributed by atoms with Crippen molar-refractivity contribution in [2.75, 3.05) is 0 Å². The lowest BCUT2D eigenvalue weighted by Gasteiger charge is -2.17. The van der Waals surface area contributed by atoms with Crippen LogP contribution in [0.3, 0.4) is 0 Å². The second-order valence-corrected chi connectivity index (χ2v) is 5.53. The van der Waals surface area contributed by atoms with Crippen LogP contribution in [0.4, 0.5) is 0 Å². The fraction of sp³-hybridized carbons (Fsp3) is 0. The zero-order valence-electron chi connectivity index (χ0n) is 12.5. The number of hydrogen-bond acceptors (Lipinski definition) is 3. The van der Waals surface area contributed by atoms with Gasteiger partial charge in [0, 0.05) is 22.2 Å². The Morgan fingerprint density at radius 2 is 1.50 bits per heavy atom. The minimum absolute atomic E-state index is 0.289. The zero-order valence-corrected chi connectivity index (χ0v) is 12.5. The van der Waals surface area contributed by atoms with Crippen molar-refractivity contribution in [2.45, 2.75) is 0 Å². The van der Waals surface area contributed by atoms with Gasteiger partial charge in [0.15, 0.2) is 0 Å². The summed E-state index contributed by atoms with van der Waals surface area (Å²) in [5.74, 6) is -0.938. The Hall–Kier alpha value is -3.47. The van der Waals surface area contributed by atoms with Crippen molar-refractivity contribution in [3.8, 4) is 0 Å². The number of para-hydroxylation sites is 1. The van der Waals surface area contributed by atoms with E-state index in [1.165, 1.54) is 6.08 Å². The number of aromatic amines is 1. The summed E-state index contributed by atoms with van der Waals surface area (Å²) in [4.78, 5) is 39.2. The fourth-order valence-electron chi connectivity index (χ4n) is 2.85. The molecule has 2 heterocycles. The third kappa shape index (κ3) is 2.23. The summed E-state index contributed by atoms with van der Waals surface area (Å²) in [6.45, 7) is 0. The van der Waals surface area contributed by atoms with E-state index >= 15 is 0 Å². The molecule has 0 atom stereocenters. The number of nitrogens with one attached hydrogen (secondary N) is 2. The number of fused-ring (bicyclic) bond motifs is 2. The molecule has 116 valence electrons. The van der Waals surface area contributed by atoms with Crippen molar-refractivity contribution >= 4 is 34.4 Å². The summed E-state index contributed by atoms with van der Waals surface area (Å²) in [6.07, 6.45) is 1.52. The van der Waals surface area contributed by atoms with Gasteiger partial charge in [-0.25, -0.2) is 0 Å². The topological polar surface area (TPSA) is 79.0 Å². The van der Waals surface area contributed by atoms with Gasteiger partial charge >= 0.3 is 0 Å². The number of carbonyl (C=O) groups excluding carboxylic acids is 2. The highest BCUT2D eigenvalue weighted by Crippen LogP contribution is 2.25. The minimum Gasteiger partial charge on any atom is -0.321 e. The quantitative estimate of drug-likeness (QED) is 0.534. The molecule has 1 aromatic heterocycles. The molecule has 2 N–H and O–H groups in total. The van der Waals surface area contributed by atoms with E-state index < -0.39 is 11.8 Å². The van der Waals surface area contributed by atoms with Crippen molar-refractivity contribution in [1.82, 2.24) is 10.3 Å². The molecule has 0 bridgehead atoms. The summed E-state index contributed by atoms with van der Waals surface area (Å²) in [5.41, 5.74) is 2.05. The molecule has 24 heavy (non-hydrogen) atoms. The molecule has 0 aliphatic carbocycles. The first-order chi connectivity index (χ1) is 11.6. The normalized spacial score (nSPS) is 15.4. The molecule has 4 rings (SSSR count). The van der Waals surface area contributed by atoms with Gasteiger partial charge in [-0.15, -0.1) is 0 Å². The van der Waals surface area contributed by atoms with E-state index in [2.05, 4.69) is 10.3 Å². The van der Waals surface area contributed by atoms with Crippen molar-refractivity contribution in [1.29, 1.82) is 0 Å². The molecule has 5 nitrogen and oxygen atoms in total. The smallest absolute Gasteiger partial charge is 0.258 e. The summed E-state index contributed by atoms with van der Waals surface area (Å²) < 4.78 is 0. The van der Waals surface area contributed by atoms with E-state index in [0.717, 1.165) is 10.9 Å². The van der Waals surface area contributed by atoms with Crippen LogP contribution < -0.4 is 10.9 Å². The van der Waals surface area contributed by atoms with Crippen LogP contribution in [0.25, 0.3) is 22.6 Å². The van der Waals surface area contributed by atoms with Crippen molar-refractivity contribution in [3.05, 3.63) is 81.6 Å². The van der Waals surface area contributed by atoms with Gasteiger partial charge in [0.2, 0.25) is 0 Å². The SMILES string of the molecule is O=C1NC(=O)c2ccccc2/C1=C\c1cc2ccccc2[nH]c1=O. The third-order valence-corrected chi connectivity index (χ3v) is 4.02. The average molecular weight is 316 g/mol. The largest absolute Gasteiger partial charge is 0.321 e. The maximum Gasteiger partial charge on any atom is 0.258 e. The molecule has 1 aliphatic heterocycles. The van der Waals surface area contributed by atoms with Crippen LogP contribution in [-0.4, -0.2) is 16.8 Å². The van der Waals surface area contributed by atoms with E-state index in [0.29, 0.717) is 22.3 Å². The summed E-state index contributed by atoms with van der Waals surface area (Å²) in [6, 6.07) is 16.0. The van der Waals surface area contributed by atoms with Crippen LogP contribution in [0.15, 0.2) is 59.4 Å². The molecule has 0 spiro atoms. The molecule has 3 aromatic rings. The summed E-state index contributed by atoms with van der Waals surface area (Å²) >= 11 is 0. The number of pyridine rings is 1. The number of hydrogen-bond donors (Lipinski definition) is 2. The van der Waals surface area contributed by atoms with E-state index in [9.17, 15) is 14.4 Å². The van der Waals surface area contributed by atoms with Gasteiger partial charge in [-0.1, -0.05) is 36.4 Å². The Morgan fingerprint density at radius 3 is 2.33 bits per heavy atom. The predicted octanol–water partition coefficient (Wildman–Crippen LogP) is 2.34. The Bertz CT molecular complexity index is 1090. The monoisotopic (exact) mass is 316 g/mol. The highest BCUT2D eigenvalue weighted by atomic mass is 16.2. The fourth-order valence-corrected chi connectivity index (χ4v) is 2.85. The van der Waals surface area contributed by atoms with Gasteiger partial charge in [0.25, 0.3) is 17.4 Å². The molecule has 0 saturated heterocycles. The van der Waals surface area contributed by atoms with Crippen LogP contribution >= 0.6 is 0 Å². The third-order valence-electron chi connectivity index (χ3n) is 4.02. The number of rotatable bonds is 1. The standard InChI is InChI=1S/C19H12N2O3/c22-17-12(9-11-5-1-4-8-16(11)20-17)10-15-13-6-2-3-7-14(13)18(23)21-19(15)24/h1-10H,(H,20,22)(H,21,23,24)/b15-10+. The maximum absolute atomic E-state index is 12.3. The van der Waals surface area contributed by atoms with Crippen molar-refractivity contribution < 1.29 is 9.59 Å². The Kier molecular flexibility index (Phi) is 3.13. The zero-order chi connectivity index (χ0) is 16.7. The Labute approximate surface area is 136 Å². The molecule has 0 unspecified atom stereocenters. The van der Waals surface area contributed by atoms with Crippen LogP contribution in [0.1, 0.15) is 21.5 Å². The van der Waals surface area contributed by atoms with Gasteiger partial charge in [0.05, 0.1) is 0 Å². The Morgan fingerprint density at radius 1 is 0.792 bits per heavy atom. The lowest BCUT2D eigenvalue weighted by Crippen LogP contribution is -2.36. The highest BCUT2D eigenvalue weighted by molar-refractivity contribution is 6.33. The van der Waals surface area contributed by atoms with Crippen LogP contribution in [0.5, 0.6) is 0 Å². The lowest BCUT2D eigenvalue weighted by molar-refractivity contribution is -0.114. The Balaban J connectivity index is 1.94. The van der Waals surface area contributed by atoms with Gasteiger partial charge in [-0.3, -0.25) is 19.7 Å². The first kappa shape index (κ1) is 14.1. The molecule has 5 heteroatoms. The van der Waals surface area contributed by atoms with Crippen molar-refractivity contribution in [2.24, 2.45) is 0 Å². The minimum atomic E-state index is -0.508. The molecule has 2 aromatic carbocycles. The molecule has 0 saturated carbocycles. The first-order valence-corrected chi connectivity index (χ1v) is 7.42. The van der Waals surface area contributed by atoms with Crippen LogP contribution in [0, 0.1) is 0 Å². The molecular weight excluding hydrogens is 304 g/mol. The average Bonchev–Trinajstić information content (AvgIpc) is 2.59. The van der Waals surface area contributed by atoms with E-state index in [4.69, 9.17) is 0 Å². The number of imide groups is 1. The van der Waals surface area contributed by atoms with Gasteiger partial charge in [-0.2, -0.15) is 0 Å². The summed E-state index contributed by atoms with van der Waals surface area (Å²) in [7, 11) is 0. The van der Waals surface area contributed by atoms with E-state index in [1.54, 1.807) is 30.3 Å². The molecule has 0 radical (unpaired) electrons. The lowest BCUT2D eigenvalue weighted by atomic mass is 9.93. The number of aromatic nitrogens is 1. The van der Waals surface area contributed by atoms with Crippen molar-refractivity contribution in [3.63, 3.8) is 0 Å². The van der Waals surface area contributed by atoms with E-state index in [-0.39, 0.29) is 5.56 Å². The first-order valence-electron chi connectivity index (χ1n) is 7.42. The molecule has 1 aliphatic rings. The predicted molar refractivity (Wildman–Crippen MR) is 91.4 cm³/mol. The van der Waals surface area contributed by atoms with E-state index in [1.807, 2.05) is 24.3 Å². The highest BCUT2D eigenvalue weighted by Gasteiger charge is 2.26. The van der Waals surface area contributed by atoms with Crippen LogP contribution in [-0.2, 0) is 4.79 Å². The summed E-state index contributed by atoms with van der Waals surface area (Å²) in [5, 5.41) is 3.17. The molecule has 2 amide bonds. The molecular formula is C19H12N2O3. The van der Waals surface area contributed by atoms with Crippen LogP contribution in [0.2, 0.25) is 0 Å². The van der Waals surface area contributed by atoms with Gasteiger partial charge in [0.1, 0.15) is 0 Å². The molecule has 0 fully saturated rings. The number of H-pyrrole nitrogens is 1. The second-order valence-electron chi connectivity index (χ2n) is 5.53.